The number of hydrogen-bond donors (Lipinski definition) is 1. The van der Waals surface area contributed by atoms with Gasteiger partial charge in [-0.15, -0.1) is 0 Å². The number of nitrogens with one attached hydrogen (secondary N) is 1. The monoisotopic (exact) mass is 309 g/mol. The molecule has 2 fully saturated rings. The van der Waals surface area contributed by atoms with Gasteiger partial charge >= 0.3 is 0 Å². The first kappa shape index (κ1) is 14.5. The second kappa shape index (κ2) is 5.22. The summed E-state index contributed by atoms with van der Waals surface area (Å²) in [6.07, 6.45) is 8.71. The number of rotatable bonds is 3. The number of aryl methyl sites for hydroxylation is 1. The molecule has 4 heteroatoms. The summed E-state index contributed by atoms with van der Waals surface area (Å²) in [4.78, 5) is 12.4. The SMILES string of the molecule is Cn1cc(/C=N\NC(=O)[C@@H]2[C@@H]3CCCC[C@@]23C)c2ccccc21. The van der Waals surface area contributed by atoms with Gasteiger partial charge in [0.15, 0.2) is 0 Å². The fourth-order valence-corrected chi connectivity index (χ4v) is 4.56. The van der Waals surface area contributed by atoms with Crippen LogP contribution in [0.1, 0.15) is 38.2 Å². The number of para-hydroxylation sites is 1. The van der Waals surface area contributed by atoms with Crippen molar-refractivity contribution in [1.82, 2.24) is 9.99 Å². The number of hydrazone groups is 1. The number of benzene rings is 1. The Morgan fingerprint density at radius 3 is 3.00 bits per heavy atom. The lowest BCUT2D eigenvalue weighted by molar-refractivity contribution is -0.123. The first-order chi connectivity index (χ1) is 11.1. The maximum absolute atomic E-state index is 12.4. The Kier molecular flexibility index (Phi) is 3.29. The molecule has 2 saturated carbocycles. The normalized spacial score (nSPS) is 29.7. The minimum absolute atomic E-state index is 0.0934. The Morgan fingerprint density at radius 2 is 2.22 bits per heavy atom. The number of carbonyl (C=O) groups is 1. The zero-order valence-corrected chi connectivity index (χ0v) is 13.7. The van der Waals surface area contributed by atoms with Crippen molar-refractivity contribution >= 4 is 23.0 Å². The van der Waals surface area contributed by atoms with Crippen LogP contribution in [0.3, 0.4) is 0 Å². The van der Waals surface area contributed by atoms with Crippen LogP contribution in [-0.4, -0.2) is 16.7 Å². The smallest absolute Gasteiger partial charge is 0.244 e. The molecule has 1 aromatic carbocycles. The summed E-state index contributed by atoms with van der Waals surface area (Å²) in [7, 11) is 2.02. The molecule has 1 N–H and O–H groups in total. The largest absolute Gasteiger partial charge is 0.350 e. The van der Waals surface area contributed by atoms with E-state index in [0.717, 1.165) is 10.9 Å². The highest BCUT2D eigenvalue weighted by molar-refractivity contribution is 5.99. The minimum Gasteiger partial charge on any atom is -0.350 e. The predicted octanol–water partition coefficient (Wildman–Crippen LogP) is 3.45. The molecular formula is C19H23N3O. The van der Waals surface area contributed by atoms with Crippen molar-refractivity contribution in [3.05, 3.63) is 36.0 Å². The van der Waals surface area contributed by atoms with E-state index in [4.69, 9.17) is 0 Å². The summed E-state index contributed by atoms with van der Waals surface area (Å²) in [6, 6.07) is 8.21. The first-order valence-electron chi connectivity index (χ1n) is 8.48. The van der Waals surface area contributed by atoms with Crippen LogP contribution in [0.2, 0.25) is 0 Å². The molecule has 2 aromatic rings. The van der Waals surface area contributed by atoms with Crippen molar-refractivity contribution in [3.63, 3.8) is 0 Å². The molecule has 4 rings (SSSR count). The van der Waals surface area contributed by atoms with Crippen LogP contribution in [-0.2, 0) is 11.8 Å². The number of nitrogens with zero attached hydrogens (tertiary/aromatic N) is 2. The number of aromatic nitrogens is 1. The van der Waals surface area contributed by atoms with Gasteiger partial charge in [0.25, 0.3) is 0 Å². The van der Waals surface area contributed by atoms with Crippen LogP contribution < -0.4 is 5.43 Å². The number of fused-ring (bicyclic) bond motifs is 2. The third-order valence-corrected chi connectivity index (χ3v) is 5.92. The van der Waals surface area contributed by atoms with Crippen LogP contribution in [0, 0.1) is 17.3 Å². The molecular weight excluding hydrogens is 286 g/mol. The van der Waals surface area contributed by atoms with Crippen molar-refractivity contribution < 1.29 is 4.79 Å². The van der Waals surface area contributed by atoms with Crippen molar-refractivity contribution in [2.24, 2.45) is 29.4 Å². The van der Waals surface area contributed by atoms with E-state index in [1.807, 2.05) is 25.4 Å². The van der Waals surface area contributed by atoms with Gasteiger partial charge in [-0.05, 0) is 30.2 Å². The lowest BCUT2D eigenvalue weighted by atomic mass is 9.90. The molecule has 4 nitrogen and oxygen atoms in total. The predicted molar refractivity (Wildman–Crippen MR) is 92.2 cm³/mol. The quantitative estimate of drug-likeness (QED) is 0.685. The van der Waals surface area contributed by atoms with Crippen LogP contribution >= 0.6 is 0 Å². The van der Waals surface area contributed by atoms with E-state index in [9.17, 15) is 4.79 Å². The van der Waals surface area contributed by atoms with Crippen LogP contribution in [0.5, 0.6) is 0 Å². The fraction of sp³-hybridized carbons (Fsp3) is 0.474. The summed E-state index contributed by atoms with van der Waals surface area (Å²) in [5.74, 6) is 0.828. The van der Waals surface area contributed by atoms with Gasteiger partial charge < -0.3 is 4.57 Å². The van der Waals surface area contributed by atoms with Crippen molar-refractivity contribution in [2.75, 3.05) is 0 Å². The fourth-order valence-electron chi connectivity index (χ4n) is 4.56. The van der Waals surface area contributed by atoms with Gasteiger partial charge in [-0.25, -0.2) is 5.43 Å². The van der Waals surface area contributed by atoms with Crippen molar-refractivity contribution in [2.45, 2.75) is 32.6 Å². The average Bonchev–Trinajstić information content (AvgIpc) is 3.07. The van der Waals surface area contributed by atoms with E-state index in [0.29, 0.717) is 5.92 Å². The van der Waals surface area contributed by atoms with Gasteiger partial charge in [0.2, 0.25) is 5.91 Å². The van der Waals surface area contributed by atoms with Gasteiger partial charge in [0, 0.05) is 35.6 Å². The van der Waals surface area contributed by atoms with Gasteiger partial charge in [-0.1, -0.05) is 38.0 Å². The van der Waals surface area contributed by atoms with E-state index < -0.39 is 0 Å². The molecule has 0 bridgehead atoms. The van der Waals surface area contributed by atoms with Crippen LogP contribution in [0.15, 0.2) is 35.6 Å². The molecule has 23 heavy (non-hydrogen) atoms. The van der Waals surface area contributed by atoms with E-state index in [-0.39, 0.29) is 17.2 Å². The van der Waals surface area contributed by atoms with Crippen LogP contribution in [0.4, 0.5) is 0 Å². The summed E-state index contributed by atoms with van der Waals surface area (Å²) in [6.45, 7) is 2.26. The summed E-state index contributed by atoms with van der Waals surface area (Å²) in [5, 5.41) is 5.37. The van der Waals surface area contributed by atoms with Crippen molar-refractivity contribution in [3.8, 4) is 0 Å². The molecule has 2 aliphatic rings. The van der Waals surface area contributed by atoms with E-state index in [2.05, 4.69) is 34.2 Å². The van der Waals surface area contributed by atoms with E-state index in [1.54, 1.807) is 6.21 Å². The maximum Gasteiger partial charge on any atom is 0.244 e. The third-order valence-electron chi connectivity index (χ3n) is 5.92. The summed E-state index contributed by atoms with van der Waals surface area (Å²) < 4.78 is 2.08. The number of carbonyl (C=O) groups excluding carboxylic acids is 1. The van der Waals surface area contributed by atoms with E-state index in [1.165, 1.54) is 31.2 Å². The highest BCUT2D eigenvalue weighted by Gasteiger charge is 2.64. The maximum atomic E-state index is 12.4. The highest BCUT2D eigenvalue weighted by atomic mass is 16.2. The Bertz CT molecular complexity index is 791. The average molecular weight is 309 g/mol. The molecule has 2 aliphatic carbocycles. The Labute approximate surface area is 136 Å². The second-order valence-corrected chi connectivity index (χ2v) is 7.28. The van der Waals surface area contributed by atoms with E-state index >= 15 is 0 Å². The van der Waals surface area contributed by atoms with Gasteiger partial charge in [-0.3, -0.25) is 4.79 Å². The van der Waals surface area contributed by atoms with Gasteiger partial charge in [0.1, 0.15) is 0 Å². The summed E-state index contributed by atoms with van der Waals surface area (Å²) >= 11 is 0. The molecule has 0 saturated heterocycles. The molecule has 0 radical (unpaired) electrons. The highest BCUT2D eigenvalue weighted by Crippen LogP contribution is 2.66. The molecule has 1 heterocycles. The topological polar surface area (TPSA) is 46.4 Å². The Hall–Kier alpha value is -2.10. The zero-order chi connectivity index (χ0) is 16.0. The minimum atomic E-state index is 0.0934. The Balaban J connectivity index is 1.46. The zero-order valence-electron chi connectivity index (χ0n) is 13.7. The molecule has 1 aromatic heterocycles. The molecule has 3 atom stereocenters. The number of amides is 1. The lowest BCUT2D eigenvalue weighted by Crippen LogP contribution is -2.22. The molecule has 0 aliphatic heterocycles. The van der Waals surface area contributed by atoms with Crippen molar-refractivity contribution in [1.29, 1.82) is 0 Å². The Morgan fingerprint density at radius 1 is 1.39 bits per heavy atom. The second-order valence-electron chi connectivity index (χ2n) is 7.28. The molecule has 120 valence electrons. The first-order valence-corrected chi connectivity index (χ1v) is 8.48. The summed E-state index contributed by atoms with van der Waals surface area (Å²) in [5.41, 5.74) is 5.20. The third kappa shape index (κ3) is 2.28. The van der Waals surface area contributed by atoms with Gasteiger partial charge in [-0.2, -0.15) is 5.10 Å². The standard InChI is InChI=1S/C19H23N3O/c1-19-10-6-5-8-15(19)17(19)18(23)21-20-11-13-12-22(2)16-9-4-3-7-14(13)16/h3-4,7,9,11-12,15,17H,5-6,8,10H2,1-2H3,(H,21,23)/b20-11-/t15-,17-,19+/m0/s1. The molecule has 0 unspecified atom stereocenters. The number of hydrogen-bond acceptors (Lipinski definition) is 2. The van der Waals surface area contributed by atoms with Crippen LogP contribution in [0.25, 0.3) is 10.9 Å². The molecule has 0 spiro atoms. The van der Waals surface area contributed by atoms with Gasteiger partial charge in [0.05, 0.1) is 6.21 Å². The lowest BCUT2D eigenvalue weighted by Gasteiger charge is -2.15. The molecule has 1 amide bonds.